The number of anilines is 1. The van der Waals surface area contributed by atoms with Crippen LogP contribution in [0.25, 0.3) is 0 Å². The molecule has 11 heteroatoms. The lowest BCUT2D eigenvalue weighted by Crippen LogP contribution is -2.40. The number of carbonyl (C=O) groups excluding carboxylic acids is 4. The van der Waals surface area contributed by atoms with Gasteiger partial charge in [0.25, 0.3) is 11.8 Å². The van der Waals surface area contributed by atoms with E-state index in [0.29, 0.717) is 29.1 Å². The largest absolute Gasteiger partial charge is 0.466 e. The van der Waals surface area contributed by atoms with Gasteiger partial charge in [-0.25, -0.2) is 9.69 Å². The summed E-state index contributed by atoms with van der Waals surface area (Å²) in [6, 6.07) is 7.83. The van der Waals surface area contributed by atoms with Gasteiger partial charge in [-0.05, 0) is 44.7 Å². The molecule has 0 bridgehead atoms. The van der Waals surface area contributed by atoms with Crippen LogP contribution in [-0.4, -0.2) is 44.3 Å². The Morgan fingerprint density at radius 2 is 1.69 bits per heavy atom. The first-order valence-electron chi connectivity index (χ1n) is 11.2. The molecular weight excluding hydrogens is 513 g/mol. The van der Waals surface area contributed by atoms with Crippen molar-refractivity contribution in [2.45, 2.75) is 39.0 Å². The second kappa shape index (κ2) is 12.8. The fraction of sp³-hybridized carbons (Fsp3) is 0.360. The smallest absolute Gasteiger partial charge is 0.336 e. The zero-order valence-corrected chi connectivity index (χ0v) is 21.4. The van der Waals surface area contributed by atoms with E-state index in [-0.39, 0.29) is 59.3 Å². The molecule has 2 amide bonds. The van der Waals surface area contributed by atoms with Crippen molar-refractivity contribution in [2.24, 2.45) is 0 Å². The third kappa shape index (κ3) is 6.18. The van der Waals surface area contributed by atoms with Gasteiger partial charge in [0.05, 0.1) is 18.1 Å². The lowest BCUT2D eigenvalue weighted by Gasteiger charge is -2.25. The number of imide groups is 1. The Morgan fingerprint density at radius 3 is 2.33 bits per heavy atom. The van der Waals surface area contributed by atoms with Crippen LogP contribution in [0.15, 0.2) is 41.5 Å². The quantitative estimate of drug-likeness (QED) is 0.256. The van der Waals surface area contributed by atoms with Crippen LogP contribution in [0, 0.1) is 5.13 Å². The third-order valence-electron chi connectivity index (χ3n) is 5.39. The maximum Gasteiger partial charge on any atom is 0.336 e. The molecule has 3 rings (SSSR count). The number of esters is 2. The molecule has 2 aromatic rings. The normalized spacial score (nSPS) is 13.3. The van der Waals surface area contributed by atoms with Gasteiger partial charge in [0.2, 0.25) is 5.13 Å². The topological polar surface area (TPSA) is 99.2 Å². The minimum Gasteiger partial charge on any atom is -0.466 e. The maximum absolute atomic E-state index is 15.3. The van der Waals surface area contributed by atoms with Crippen LogP contribution in [0.2, 0.25) is 5.02 Å². The molecule has 1 aromatic carbocycles. The summed E-state index contributed by atoms with van der Waals surface area (Å²) < 4.78 is 30.0. The first-order chi connectivity index (χ1) is 17.3. The average Bonchev–Trinajstić information content (AvgIpc) is 3.15. The van der Waals surface area contributed by atoms with E-state index in [2.05, 4.69) is 0 Å². The molecule has 0 saturated carbocycles. The number of hydrogen-bond donors (Lipinski definition) is 0. The Hall–Kier alpha value is -3.08. The van der Waals surface area contributed by atoms with Crippen molar-refractivity contribution in [2.75, 3.05) is 25.4 Å². The van der Waals surface area contributed by atoms with E-state index in [4.69, 9.17) is 25.8 Å². The molecule has 1 aromatic heterocycles. The molecule has 0 N–H and O–H groups in total. The van der Waals surface area contributed by atoms with Crippen molar-refractivity contribution in [1.82, 2.24) is 0 Å². The highest BCUT2D eigenvalue weighted by Crippen LogP contribution is 2.41. The van der Waals surface area contributed by atoms with Crippen molar-refractivity contribution >= 4 is 52.4 Å². The number of ether oxygens (including phenoxy) is 3. The van der Waals surface area contributed by atoms with E-state index in [1.54, 1.807) is 25.1 Å². The number of carbonyl (C=O) groups is 4. The Labute approximate surface area is 216 Å². The summed E-state index contributed by atoms with van der Waals surface area (Å²) in [5.74, 6) is -3.08. The number of halogens is 2. The lowest BCUT2D eigenvalue weighted by atomic mass is 9.90. The van der Waals surface area contributed by atoms with Crippen molar-refractivity contribution in [3.63, 3.8) is 0 Å². The van der Waals surface area contributed by atoms with Crippen LogP contribution in [-0.2, 0) is 35.0 Å². The van der Waals surface area contributed by atoms with E-state index < -0.39 is 34.6 Å². The summed E-state index contributed by atoms with van der Waals surface area (Å²) in [5, 5.41) is -1.17. The molecule has 0 unspecified atom stereocenters. The van der Waals surface area contributed by atoms with Crippen molar-refractivity contribution in [3.05, 3.63) is 62.1 Å². The Morgan fingerprint density at radius 1 is 1.03 bits per heavy atom. The van der Waals surface area contributed by atoms with E-state index in [1.165, 1.54) is 19.2 Å². The van der Waals surface area contributed by atoms with Crippen LogP contribution in [0.1, 0.15) is 47.8 Å². The SMILES string of the molecule is CCOC(=O)Cc1sc(F)c(N(C(=O)C2=C(C(=O)OCOC)CCCC2)C(=O)c2ccccc2)c1Cl. The zero-order chi connectivity index (χ0) is 26.2. The molecule has 1 heterocycles. The molecule has 1 aliphatic rings. The highest BCUT2D eigenvalue weighted by atomic mass is 35.5. The summed E-state index contributed by atoms with van der Waals surface area (Å²) in [6.07, 6.45) is 1.34. The predicted molar refractivity (Wildman–Crippen MR) is 131 cm³/mol. The van der Waals surface area contributed by atoms with Gasteiger partial charge in [-0.3, -0.25) is 14.4 Å². The lowest BCUT2D eigenvalue weighted by molar-refractivity contribution is -0.149. The van der Waals surface area contributed by atoms with Gasteiger partial charge in [0, 0.05) is 28.7 Å². The Bertz CT molecular complexity index is 1180. The molecule has 0 radical (unpaired) electrons. The van der Waals surface area contributed by atoms with E-state index in [1.807, 2.05) is 0 Å². The van der Waals surface area contributed by atoms with E-state index in [0.717, 1.165) is 0 Å². The van der Waals surface area contributed by atoms with Gasteiger partial charge < -0.3 is 14.2 Å². The van der Waals surface area contributed by atoms with Crippen LogP contribution in [0.3, 0.4) is 0 Å². The first kappa shape index (κ1) is 27.5. The van der Waals surface area contributed by atoms with Crippen LogP contribution in [0.4, 0.5) is 10.1 Å². The number of rotatable bonds is 9. The molecule has 0 atom stereocenters. The molecule has 0 saturated heterocycles. The van der Waals surface area contributed by atoms with Crippen LogP contribution < -0.4 is 4.90 Å². The number of methoxy groups -OCH3 is 1. The average molecular weight is 538 g/mol. The Kier molecular flexibility index (Phi) is 9.74. The minimum atomic E-state index is -0.920. The molecule has 192 valence electrons. The van der Waals surface area contributed by atoms with Gasteiger partial charge in [0.15, 0.2) is 6.79 Å². The summed E-state index contributed by atoms with van der Waals surface area (Å²) in [4.78, 5) is 52.7. The number of nitrogens with zero attached hydrogens (tertiary/aromatic N) is 1. The number of amides is 2. The fourth-order valence-electron chi connectivity index (χ4n) is 3.77. The fourth-order valence-corrected chi connectivity index (χ4v) is 5.06. The van der Waals surface area contributed by atoms with Crippen LogP contribution >= 0.6 is 22.9 Å². The molecule has 0 fully saturated rings. The van der Waals surface area contributed by atoms with Gasteiger partial charge in [-0.1, -0.05) is 29.8 Å². The van der Waals surface area contributed by atoms with Crippen molar-refractivity contribution in [1.29, 1.82) is 0 Å². The highest BCUT2D eigenvalue weighted by Gasteiger charge is 2.37. The first-order valence-corrected chi connectivity index (χ1v) is 12.4. The molecule has 8 nitrogen and oxygen atoms in total. The van der Waals surface area contributed by atoms with Gasteiger partial charge in [0.1, 0.15) is 5.69 Å². The molecule has 0 aliphatic heterocycles. The standard InChI is InChI=1S/C25H25ClFNO7S/c1-3-34-19(29)13-18-20(26)21(22(27)36-18)28(23(30)15-9-5-4-6-10-15)24(31)16-11-7-8-12-17(16)25(32)35-14-33-2/h4-6,9-10H,3,7-8,11-14H2,1-2H3. The molecule has 0 spiro atoms. The van der Waals surface area contributed by atoms with Gasteiger partial charge in [-0.15, -0.1) is 11.3 Å². The van der Waals surface area contributed by atoms with Gasteiger partial charge in [-0.2, -0.15) is 4.39 Å². The minimum absolute atomic E-state index is 0.0419. The number of hydrogen-bond acceptors (Lipinski definition) is 8. The number of thiophene rings is 1. The number of benzene rings is 1. The van der Waals surface area contributed by atoms with Crippen LogP contribution in [0.5, 0.6) is 0 Å². The summed E-state index contributed by atoms with van der Waals surface area (Å²) in [6.45, 7) is 1.45. The summed E-state index contributed by atoms with van der Waals surface area (Å²) in [7, 11) is 1.35. The van der Waals surface area contributed by atoms with Gasteiger partial charge >= 0.3 is 11.9 Å². The maximum atomic E-state index is 15.3. The monoisotopic (exact) mass is 537 g/mol. The molecular formula is C25H25ClFNO7S. The van der Waals surface area contributed by atoms with Crippen molar-refractivity contribution in [3.8, 4) is 0 Å². The molecule has 36 heavy (non-hydrogen) atoms. The van der Waals surface area contributed by atoms with Crippen molar-refractivity contribution < 1.29 is 37.8 Å². The zero-order valence-electron chi connectivity index (χ0n) is 19.8. The summed E-state index contributed by atoms with van der Waals surface area (Å²) >= 11 is 6.99. The molecule has 1 aliphatic carbocycles. The third-order valence-corrected chi connectivity index (χ3v) is 6.88. The summed E-state index contributed by atoms with van der Waals surface area (Å²) in [5.41, 5.74) is -0.213. The second-order valence-electron chi connectivity index (χ2n) is 7.76. The second-order valence-corrected chi connectivity index (χ2v) is 9.19. The predicted octanol–water partition coefficient (Wildman–Crippen LogP) is 4.84. The Balaban J connectivity index is 2.12. The van der Waals surface area contributed by atoms with E-state index in [9.17, 15) is 19.2 Å². The van der Waals surface area contributed by atoms with E-state index >= 15 is 4.39 Å². The highest BCUT2D eigenvalue weighted by molar-refractivity contribution is 7.11.